The fourth-order valence-corrected chi connectivity index (χ4v) is 1.61. The smallest absolute Gasteiger partial charge is 0.207 e. The number of imidazole rings is 1. The zero-order valence-electron chi connectivity index (χ0n) is 7.29. The van der Waals surface area contributed by atoms with E-state index in [-0.39, 0.29) is 0 Å². The van der Waals surface area contributed by atoms with Gasteiger partial charge in [-0.1, -0.05) is 0 Å². The van der Waals surface area contributed by atoms with Crippen molar-refractivity contribution in [3.05, 3.63) is 34.9 Å². The fraction of sp³-hybridized carbons (Fsp3) is 0.222. The summed E-state index contributed by atoms with van der Waals surface area (Å²) in [5.74, 6) is 0. The van der Waals surface area contributed by atoms with E-state index in [9.17, 15) is 0 Å². The van der Waals surface area contributed by atoms with Crippen LogP contribution in [-0.2, 0) is 6.54 Å². The molecule has 0 fully saturated rings. The summed E-state index contributed by atoms with van der Waals surface area (Å²) < 4.78 is 1.83. The SMILES string of the molecule is Cc1ccn2c(Cl)nc(CN)c2c1. The summed E-state index contributed by atoms with van der Waals surface area (Å²) in [6.07, 6.45) is 1.90. The molecule has 2 rings (SSSR count). The van der Waals surface area contributed by atoms with Gasteiger partial charge in [0.2, 0.25) is 5.28 Å². The summed E-state index contributed by atoms with van der Waals surface area (Å²) >= 11 is 5.91. The molecule has 2 aromatic heterocycles. The number of fused-ring (bicyclic) bond motifs is 1. The molecule has 0 aliphatic rings. The number of nitrogens with zero attached hydrogens (tertiary/aromatic N) is 2. The molecule has 0 aromatic carbocycles. The van der Waals surface area contributed by atoms with Crippen LogP contribution in [0.3, 0.4) is 0 Å². The highest BCUT2D eigenvalue weighted by atomic mass is 35.5. The summed E-state index contributed by atoms with van der Waals surface area (Å²) in [6, 6.07) is 4.02. The van der Waals surface area contributed by atoms with Crippen molar-refractivity contribution in [2.75, 3.05) is 0 Å². The molecule has 68 valence electrons. The summed E-state index contributed by atoms with van der Waals surface area (Å²) in [4.78, 5) is 4.15. The second kappa shape index (κ2) is 3.01. The molecule has 0 radical (unpaired) electrons. The first-order valence-corrected chi connectivity index (χ1v) is 4.43. The van der Waals surface area contributed by atoms with E-state index in [1.807, 2.05) is 29.7 Å². The second-order valence-corrected chi connectivity index (χ2v) is 3.33. The monoisotopic (exact) mass is 195 g/mol. The zero-order valence-corrected chi connectivity index (χ0v) is 8.04. The quantitative estimate of drug-likeness (QED) is 0.754. The minimum atomic E-state index is 0.416. The van der Waals surface area contributed by atoms with Crippen molar-refractivity contribution in [1.29, 1.82) is 0 Å². The van der Waals surface area contributed by atoms with Crippen LogP contribution in [0.4, 0.5) is 0 Å². The molecule has 3 nitrogen and oxygen atoms in total. The minimum absolute atomic E-state index is 0.416. The van der Waals surface area contributed by atoms with Gasteiger partial charge in [-0.15, -0.1) is 0 Å². The predicted octanol–water partition coefficient (Wildman–Crippen LogP) is 1.75. The number of aromatic nitrogens is 2. The molecular weight excluding hydrogens is 186 g/mol. The molecule has 13 heavy (non-hydrogen) atoms. The normalized spacial score (nSPS) is 11.0. The van der Waals surface area contributed by atoms with Crippen molar-refractivity contribution >= 4 is 17.1 Å². The van der Waals surface area contributed by atoms with Crippen LogP contribution in [-0.4, -0.2) is 9.38 Å². The van der Waals surface area contributed by atoms with Crippen LogP contribution < -0.4 is 5.73 Å². The molecule has 0 unspecified atom stereocenters. The second-order valence-electron chi connectivity index (χ2n) is 2.99. The predicted molar refractivity (Wildman–Crippen MR) is 52.8 cm³/mol. The summed E-state index contributed by atoms with van der Waals surface area (Å²) in [5, 5.41) is 0.468. The van der Waals surface area contributed by atoms with Crippen molar-refractivity contribution in [2.45, 2.75) is 13.5 Å². The van der Waals surface area contributed by atoms with Gasteiger partial charge in [0, 0.05) is 12.7 Å². The largest absolute Gasteiger partial charge is 0.325 e. The first kappa shape index (κ1) is 8.53. The third-order valence-corrected chi connectivity index (χ3v) is 2.29. The molecule has 0 aliphatic heterocycles. The zero-order chi connectivity index (χ0) is 9.42. The number of nitrogens with two attached hydrogens (primary N) is 1. The molecule has 0 saturated carbocycles. The van der Waals surface area contributed by atoms with Crippen molar-refractivity contribution in [3.8, 4) is 0 Å². The van der Waals surface area contributed by atoms with Crippen LogP contribution in [0, 0.1) is 6.92 Å². The van der Waals surface area contributed by atoms with Gasteiger partial charge >= 0.3 is 0 Å². The molecule has 2 N–H and O–H groups in total. The van der Waals surface area contributed by atoms with Crippen molar-refractivity contribution in [1.82, 2.24) is 9.38 Å². The van der Waals surface area contributed by atoms with Gasteiger partial charge in [-0.25, -0.2) is 4.98 Å². The summed E-state index contributed by atoms with van der Waals surface area (Å²) in [7, 11) is 0. The topological polar surface area (TPSA) is 43.3 Å². The third kappa shape index (κ3) is 1.30. The molecule has 0 aliphatic carbocycles. The lowest BCUT2D eigenvalue weighted by molar-refractivity contribution is 1.02. The summed E-state index contributed by atoms with van der Waals surface area (Å²) in [5.41, 5.74) is 8.56. The maximum absolute atomic E-state index is 5.91. The highest BCUT2D eigenvalue weighted by Crippen LogP contribution is 2.17. The first-order chi connectivity index (χ1) is 6.22. The molecule has 0 saturated heterocycles. The maximum Gasteiger partial charge on any atom is 0.207 e. The average molecular weight is 196 g/mol. The number of hydrogen-bond acceptors (Lipinski definition) is 2. The lowest BCUT2D eigenvalue weighted by Gasteiger charge is -1.97. The van der Waals surface area contributed by atoms with Crippen LogP contribution in [0.5, 0.6) is 0 Å². The lowest BCUT2D eigenvalue weighted by atomic mass is 10.2. The Morgan fingerprint density at radius 2 is 2.38 bits per heavy atom. The molecule has 0 atom stereocenters. The Kier molecular flexibility index (Phi) is 1.98. The number of rotatable bonds is 1. The molecule has 0 spiro atoms. The average Bonchev–Trinajstić information content (AvgIpc) is 2.42. The van der Waals surface area contributed by atoms with E-state index in [1.54, 1.807) is 0 Å². The first-order valence-electron chi connectivity index (χ1n) is 4.05. The minimum Gasteiger partial charge on any atom is -0.325 e. The molecular formula is C9H10ClN3. The van der Waals surface area contributed by atoms with Crippen LogP contribution in [0.25, 0.3) is 5.52 Å². The number of pyridine rings is 1. The standard InChI is InChI=1S/C9H10ClN3/c1-6-2-3-13-8(4-6)7(5-11)12-9(13)10/h2-4H,5,11H2,1H3. The maximum atomic E-state index is 5.91. The Morgan fingerprint density at radius 3 is 3.08 bits per heavy atom. The van der Waals surface area contributed by atoms with E-state index in [0.717, 1.165) is 11.2 Å². The molecule has 4 heteroatoms. The van der Waals surface area contributed by atoms with E-state index in [4.69, 9.17) is 17.3 Å². The van der Waals surface area contributed by atoms with Crippen LogP contribution >= 0.6 is 11.6 Å². The van der Waals surface area contributed by atoms with Gasteiger partial charge in [0.1, 0.15) is 0 Å². The van der Waals surface area contributed by atoms with E-state index >= 15 is 0 Å². The van der Waals surface area contributed by atoms with E-state index in [0.29, 0.717) is 11.8 Å². The van der Waals surface area contributed by atoms with Crippen molar-refractivity contribution < 1.29 is 0 Å². The van der Waals surface area contributed by atoms with Crippen molar-refractivity contribution in [3.63, 3.8) is 0 Å². The number of halogens is 1. The van der Waals surface area contributed by atoms with Gasteiger partial charge in [0.25, 0.3) is 0 Å². The lowest BCUT2D eigenvalue weighted by Crippen LogP contribution is -1.97. The van der Waals surface area contributed by atoms with Gasteiger partial charge in [0.15, 0.2) is 0 Å². The number of hydrogen-bond donors (Lipinski definition) is 1. The fourth-order valence-electron chi connectivity index (χ4n) is 1.36. The van der Waals surface area contributed by atoms with Gasteiger partial charge in [-0.2, -0.15) is 0 Å². The Labute approximate surface area is 81.1 Å². The Bertz CT molecular complexity index is 447. The van der Waals surface area contributed by atoms with Gasteiger partial charge < -0.3 is 5.73 Å². The van der Waals surface area contributed by atoms with E-state index < -0.39 is 0 Å². The Balaban J connectivity index is 2.81. The van der Waals surface area contributed by atoms with E-state index in [2.05, 4.69) is 4.98 Å². The third-order valence-electron chi connectivity index (χ3n) is 2.03. The van der Waals surface area contributed by atoms with Crippen LogP contribution in [0.2, 0.25) is 5.28 Å². The summed E-state index contributed by atoms with van der Waals surface area (Å²) in [6.45, 7) is 2.45. The van der Waals surface area contributed by atoms with Gasteiger partial charge in [-0.3, -0.25) is 4.40 Å². The van der Waals surface area contributed by atoms with Gasteiger partial charge in [0.05, 0.1) is 11.2 Å². The molecule has 2 aromatic rings. The number of aryl methyl sites for hydroxylation is 1. The molecule has 2 heterocycles. The Hall–Kier alpha value is -1.06. The Morgan fingerprint density at radius 1 is 1.62 bits per heavy atom. The van der Waals surface area contributed by atoms with Gasteiger partial charge in [-0.05, 0) is 36.2 Å². The molecule has 0 bridgehead atoms. The van der Waals surface area contributed by atoms with E-state index in [1.165, 1.54) is 5.56 Å². The highest BCUT2D eigenvalue weighted by molar-refractivity contribution is 6.28. The van der Waals surface area contributed by atoms with Crippen molar-refractivity contribution in [2.24, 2.45) is 5.73 Å². The van der Waals surface area contributed by atoms with Crippen LogP contribution in [0.1, 0.15) is 11.3 Å². The van der Waals surface area contributed by atoms with Crippen LogP contribution in [0.15, 0.2) is 18.3 Å². The highest BCUT2D eigenvalue weighted by Gasteiger charge is 2.06. The molecule has 0 amide bonds.